The summed E-state index contributed by atoms with van der Waals surface area (Å²) in [6, 6.07) is -2.04. The van der Waals surface area contributed by atoms with E-state index >= 15 is 0 Å². The molecule has 0 aliphatic rings. The Bertz CT molecular complexity index is 1490. The highest BCUT2D eigenvalue weighted by Gasteiger charge is 2.32. The number of unbranched alkanes of at least 4 members (excludes halogenated alkanes) is 2. The first kappa shape index (κ1) is 49.4. The fourth-order valence-corrected chi connectivity index (χ4v) is 5.18. The highest BCUT2D eigenvalue weighted by Crippen LogP contribution is 2.12. The van der Waals surface area contributed by atoms with Gasteiger partial charge in [0.2, 0.25) is 35.4 Å². The minimum Gasteiger partial charge on any atom is -0.508 e. The van der Waals surface area contributed by atoms with Gasteiger partial charge in [-0.1, -0.05) is 18.6 Å². The minimum absolute atomic E-state index is 0.0536. The fourth-order valence-electron chi connectivity index (χ4n) is 5.18. The van der Waals surface area contributed by atoms with Crippen LogP contribution in [0.25, 0.3) is 0 Å². The van der Waals surface area contributed by atoms with E-state index in [1.165, 1.54) is 31.2 Å². The third-order valence-corrected chi connectivity index (χ3v) is 8.46. The summed E-state index contributed by atoms with van der Waals surface area (Å²) in [6.45, 7) is 0.546. The van der Waals surface area contributed by atoms with Crippen molar-refractivity contribution in [3.63, 3.8) is 0 Å². The van der Waals surface area contributed by atoms with Crippen LogP contribution in [0.4, 0.5) is 0 Å². The van der Waals surface area contributed by atoms with Gasteiger partial charge in [0, 0.05) is 13.0 Å². The van der Waals surface area contributed by atoms with Crippen molar-refractivity contribution in [2.24, 2.45) is 33.7 Å². The summed E-state index contributed by atoms with van der Waals surface area (Å²) in [5.74, 6) is -6.50. The van der Waals surface area contributed by atoms with Crippen LogP contribution in [-0.4, -0.2) is 132 Å². The van der Waals surface area contributed by atoms with E-state index in [1.54, 1.807) is 0 Å². The number of aliphatic carboxylic acids is 1. The summed E-state index contributed by atoms with van der Waals surface area (Å²) in [7, 11) is 0. The second-order valence-electron chi connectivity index (χ2n) is 13.3. The highest BCUT2D eigenvalue weighted by molar-refractivity contribution is 5.96. The Hall–Kier alpha value is -5.58. The number of hydrogen-bond donors (Lipinski definition) is 14. The number of benzene rings is 1. The number of nitrogens with one attached hydrogen (secondary N) is 6. The molecule has 0 aliphatic carbocycles. The van der Waals surface area contributed by atoms with Crippen LogP contribution in [0.15, 0.2) is 29.3 Å². The monoisotopic (exact) mass is 808 g/mol. The van der Waals surface area contributed by atoms with Crippen LogP contribution in [0.2, 0.25) is 0 Å². The van der Waals surface area contributed by atoms with Gasteiger partial charge in [0.25, 0.3) is 0 Å². The molecule has 19 N–H and O–H groups in total. The van der Waals surface area contributed by atoms with Gasteiger partial charge >= 0.3 is 5.97 Å². The zero-order chi connectivity index (χ0) is 42.9. The van der Waals surface area contributed by atoms with Crippen LogP contribution in [0, 0.1) is 0 Å². The van der Waals surface area contributed by atoms with Crippen molar-refractivity contribution in [3.05, 3.63) is 29.8 Å². The van der Waals surface area contributed by atoms with Crippen LogP contribution in [-0.2, 0) is 40.0 Å². The number of hydrogen-bond acceptors (Lipinski definition) is 13. The molecule has 0 fully saturated rings. The Kier molecular flexibility index (Phi) is 23.5. The highest BCUT2D eigenvalue weighted by atomic mass is 16.4. The molecule has 6 atom stereocenters. The molecule has 1 rings (SSSR count). The van der Waals surface area contributed by atoms with E-state index in [0.717, 1.165) is 0 Å². The van der Waals surface area contributed by atoms with Crippen LogP contribution in [0.5, 0.6) is 5.75 Å². The number of aromatic hydroxyl groups is 1. The quantitative estimate of drug-likeness (QED) is 0.0215. The van der Waals surface area contributed by atoms with E-state index in [1.807, 2.05) is 0 Å². The molecule has 0 saturated heterocycles. The number of aliphatic hydroxyl groups is 1. The van der Waals surface area contributed by atoms with Gasteiger partial charge in [-0.3, -0.25) is 38.6 Å². The Labute approximate surface area is 330 Å². The summed E-state index contributed by atoms with van der Waals surface area (Å²) < 4.78 is 0. The average molecular weight is 809 g/mol. The summed E-state index contributed by atoms with van der Waals surface area (Å²) in [5.41, 5.74) is 28.2. The van der Waals surface area contributed by atoms with Crippen LogP contribution < -0.4 is 60.6 Å². The molecule has 6 amide bonds. The molecule has 320 valence electrons. The molecule has 1 aromatic rings. The van der Waals surface area contributed by atoms with Gasteiger partial charge in [0.05, 0.1) is 19.2 Å². The number of phenols is 1. The normalized spacial score (nSPS) is 14.0. The Morgan fingerprint density at radius 1 is 0.684 bits per heavy atom. The minimum atomic E-state index is -1.66. The fraction of sp³-hybridized carbons (Fsp3) is 0.600. The first-order chi connectivity index (χ1) is 27.0. The Balaban J connectivity index is 3.22. The van der Waals surface area contributed by atoms with Gasteiger partial charge in [0.15, 0.2) is 5.96 Å². The summed E-state index contributed by atoms with van der Waals surface area (Å²) in [5, 5.41) is 43.7. The second kappa shape index (κ2) is 27.1. The van der Waals surface area contributed by atoms with E-state index in [9.17, 15) is 48.9 Å². The molecule has 0 aliphatic heterocycles. The zero-order valence-electron chi connectivity index (χ0n) is 32.2. The van der Waals surface area contributed by atoms with Gasteiger partial charge in [0.1, 0.15) is 36.0 Å². The number of aliphatic hydroxyl groups excluding tert-OH is 1. The zero-order valence-corrected chi connectivity index (χ0v) is 32.2. The molecule has 1 aromatic carbocycles. The number of guanidine groups is 1. The van der Waals surface area contributed by atoms with E-state index in [4.69, 9.17) is 28.7 Å². The first-order valence-corrected chi connectivity index (χ1v) is 18.6. The maximum absolute atomic E-state index is 13.6. The average Bonchev–Trinajstić information content (AvgIpc) is 3.16. The topological polar surface area (TPSA) is 395 Å². The van der Waals surface area contributed by atoms with Crippen LogP contribution in [0.3, 0.4) is 0 Å². The number of carbonyl (C=O) groups excluding carboxylic acids is 6. The van der Waals surface area contributed by atoms with Crippen LogP contribution in [0.1, 0.15) is 63.9 Å². The molecule has 22 nitrogen and oxygen atoms in total. The summed E-state index contributed by atoms with van der Waals surface area (Å²) in [4.78, 5) is 94.2. The second-order valence-corrected chi connectivity index (χ2v) is 13.3. The standard InChI is InChI=1S/C35H60N12O10/c1-20(34(56)57)43-30(52)24(8-3-5-15-37)45-31(53)25(9-6-16-41-35(39)40)46-33(55)27(19-48)47-32(54)26(17-21-10-12-22(49)13-11-21)44-28(50)18-42-29(51)23(38)7-2-4-14-36/h10-13,20,23-27,48-49H,2-9,14-19,36-38H2,1H3,(H,42,51)(H,43,52)(H,44,50)(H,45,53)(H,46,55)(H,47,54)(H,56,57)(H4,39,40,41)/t20-,23-,24-,25-,26-,27-/m0/s1. The van der Waals surface area contributed by atoms with Crippen molar-refractivity contribution >= 4 is 47.4 Å². The number of phenolic OH excluding ortho intramolecular Hbond substituents is 1. The lowest BCUT2D eigenvalue weighted by molar-refractivity contribution is -0.142. The molecule has 57 heavy (non-hydrogen) atoms. The third kappa shape index (κ3) is 20.2. The smallest absolute Gasteiger partial charge is 0.325 e. The molecule has 0 spiro atoms. The van der Waals surface area contributed by atoms with Crippen molar-refractivity contribution in [2.75, 3.05) is 32.8 Å². The van der Waals surface area contributed by atoms with E-state index in [-0.39, 0.29) is 43.9 Å². The number of rotatable bonds is 28. The lowest BCUT2D eigenvalue weighted by Crippen LogP contribution is -2.60. The first-order valence-electron chi connectivity index (χ1n) is 18.6. The predicted octanol–water partition coefficient (Wildman–Crippen LogP) is -4.79. The predicted molar refractivity (Wildman–Crippen MR) is 209 cm³/mol. The molecule has 22 heteroatoms. The number of nitrogens with two attached hydrogens (primary N) is 5. The molecule has 0 bridgehead atoms. The number of aliphatic imine (C=N–C) groups is 1. The molecule has 0 heterocycles. The molecule has 0 saturated carbocycles. The van der Waals surface area contributed by atoms with Gasteiger partial charge < -0.3 is 75.9 Å². The lowest BCUT2D eigenvalue weighted by Gasteiger charge is -2.26. The molecular weight excluding hydrogens is 748 g/mol. The SMILES string of the molecule is C[C@H](NC(=O)[C@H](CCCCN)NC(=O)[C@H](CCCN=C(N)N)NC(=O)[C@H](CO)NC(=O)[C@H](Cc1ccc(O)cc1)NC(=O)CNC(=O)[C@@H](N)CCCCN)C(=O)O. The van der Waals surface area contributed by atoms with E-state index in [0.29, 0.717) is 50.8 Å². The van der Waals surface area contributed by atoms with Gasteiger partial charge in [-0.2, -0.15) is 0 Å². The molecular formula is C35H60N12O10. The lowest BCUT2D eigenvalue weighted by atomic mass is 10.0. The largest absolute Gasteiger partial charge is 0.508 e. The Morgan fingerprint density at radius 2 is 1.19 bits per heavy atom. The molecule has 0 radical (unpaired) electrons. The van der Waals surface area contributed by atoms with Crippen molar-refractivity contribution < 1.29 is 48.9 Å². The van der Waals surface area contributed by atoms with Gasteiger partial charge in [-0.05, 0) is 82.7 Å². The maximum atomic E-state index is 13.6. The Morgan fingerprint density at radius 3 is 1.74 bits per heavy atom. The number of amides is 6. The number of carbonyl (C=O) groups is 7. The third-order valence-electron chi connectivity index (χ3n) is 8.46. The van der Waals surface area contributed by atoms with Crippen molar-refractivity contribution in [3.8, 4) is 5.75 Å². The van der Waals surface area contributed by atoms with E-state index < -0.39 is 90.8 Å². The molecule has 0 unspecified atom stereocenters. The van der Waals surface area contributed by atoms with E-state index in [2.05, 4.69) is 36.9 Å². The van der Waals surface area contributed by atoms with Crippen LogP contribution >= 0.6 is 0 Å². The van der Waals surface area contributed by atoms with Crippen molar-refractivity contribution in [2.45, 2.75) is 101 Å². The van der Waals surface area contributed by atoms with Gasteiger partial charge in [-0.15, -0.1) is 0 Å². The number of carboxylic acids is 1. The van der Waals surface area contributed by atoms with Gasteiger partial charge in [-0.25, -0.2) is 0 Å². The summed E-state index contributed by atoms with van der Waals surface area (Å²) in [6.07, 6.45) is 2.53. The van der Waals surface area contributed by atoms with Crippen molar-refractivity contribution in [1.82, 2.24) is 31.9 Å². The summed E-state index contributed by atoms with van der Waals surface area (Å²) >= 11 is 0. The molecule has 0 aromatic heterocycles. The number of nitrogens with zero attached hydrogens (tertiary/aromatic N) is 1. The van der Waals surface area contributed by atoms with Crippen molar-refractivity contribution in [1.29, 1.82) is 0 Å². The maximum Gasteiger partial charge on any atom is 0.325 e. The number of carboxylic acid groups (broad SMARTS) is 1.